The summed E-state index contributed by atoms with van der Waals surface area (Å²) in [5, 5.41) is 8.97. The van der Waals surface area contributed by atoms with Crippen LogP contribution in [0.5, 0.6) is 0 Å². The second kappa shape index (κ2) is 6.50. The van der Waals surface area contributed by atoms with Gasteiger partial charge in [0.05, 0.1) is 5.92 Å². The first-order valence-corrected chi connectivity index (χ1v) is 6.95. The van der Waals surface area contributed by atoms with Gasteiger partial charge >= 0.3 is 5.97 Å². The molecular weight excluding hydrogens is 256 g/mol. The van der Waals surface area contributed by atoms with Gasteiger partial charge in [0.1, 0.15) is 0 Å². The molecule has 2 atom stereocenters. The molecule has 2 rings (SSSR count). The maximum atomic E-state index is 12.2. The molecule has 108 valence electrons. The summed E-state index contributed by atoms with van der Waals surface area (Å²) >= 11 is 0. The normalized spacial score (nSPS) is 21.6. The summed E-state index contributed by atoms with van der Waals surface area (Å²) < 4.78 is 0. The molecule has 0 unspecified atom stereocenters. The van der Waals surface area contributed by atoms with Gasteiger partial charge in [0.15, 0.2) is 0 Å². The minimum atomic E-state index is -0.781. The Morgan fingerprint density at radius 1 is 1.35 bits per heavy atom. The van der Waals surface area contributed by atoms with Crippen LogP contribution in [0, 0.1) is 11.8 Å². The average Bonchev–Trinajstić information content (AvgIpc) is 2.95. The molecule has 1 fully saturated rings. The summed E-state index contributed by atoms with van der Waals surface area (Å²) in [7, 11) is 1.78. The Morgan fingerprint density at radius 3 is 2.70 bits per heavy atom. The van der Waals surface area contributed by atoms with Crippen molar-refractivity contribution < 1.29 is 14.7 Å². The van der Waals surface area contributed by atoms with Crippen LogP contribution in [0.25, 0.3) is 0 Å². The summed E-state index contributed by atoms with van der Waals surface area (Å²) in [4.78, 5) is 29.1. The molecule has 1 saturated carbocycles. The number of aliphatic carboxylic acids is 1. The lowest BCUT2D eigenvalue weighted by Crippen LogP contribution is -2.33. The van der Waals surface area contributed by atoms with Gasteiger partial charge in [-0.25, -0.2) is 0 Å². The van der Waals surface area contributed by atoms with E-state index in [1.54, 1.807) is 18.1 Å². The number of nitrogens with zero attached hydrogens (tertiary/aromatic N) is 2. The highest BCUT2D eigenvalue weighted by Crippen LogP contribution is 2.32. The predicted octanol–water partition coefficient (Wildman–Crippen LogP) is 1.58. The third-order valence-electron chi connectivity index (χ3n) is 3.94. The molecule has 1 aromatic rings. The Balaban J connectivity index is 1.82. The van der Waals surface area contributed by atoms with Gasteiger partial charge in [0, 0.05) is 37.8 Å². The number of amides is 1. The molecule has 0 saturated heterocycles. The number of carbonyl (C=O) groups excluding carboxylic acids is 1. The minimum Gasteiger partial charge on any atom is -0.481 e. The zero-order chi connectivity index (χ0) is 14.5. The number of pyridine rings is 1. The van der Waals surface area contributed by atoms with Crippen LogP contribution in [0.4, 0.5) is 0 Å². The van der Waals surface area contributed by atoms with Crippen molar-refractivity contribution in [2.45, 2.75) is 25.7 Å². The highest BCUT2D eigenvalue weighted by molar-refractivity contribution is 5.80. The number of rotatable bonds is 5. The summed E-state index contributed by atoms with van der Waals surface area (Å²) in [6, 6.07) is 5.73. The maximum Gasteiger partial charge on any atom is 0.306 e. The summed E-state index contributed by atoms with van der Waals surface area (Å²) in [5.41, 5.74) is 0.960. The Labute approximate surface area is 118 Å². The van der Waals surface area contributed by atoms with Gasteiger partial charge in [-0.1, -0.05) is 6.07 Å². The van der Waals surface area contributed by atoms with E-state index in [1.165, 1.54) is 0 Å². The smallest absolute Gasteiger partial charge is 0.306 e. The number of aromatic nitrogens is 1. The Bertz CT molecular complexity index is 475. The fraction of sp³-hybridized carbons (Fsp3) is 0.533. The van der Waals surface area contributed by atoms with Crippen LogP contribution in [0.3, 0.4) is 0 Å². The van der Waals surface area contributed by atoms with Gasteiger partial charge in [-0.15, -0.1) is 0 Å². The molecule has 1 amide bonds. The van der Waals surface area contributed by atoms with Crippen LogP contribution < -0.4 is 0 Å². The molecule has 20 heavy (non-hydrogen) atoms. The highest BCUT2D eigenvalue weighted by atomic mass is 16.4. The van der Waals surface area contributed by atoms with Crippen LogP contribution in [-0.2, 0) is 16.0 Å². The van der Waals surface area contributed by atoms with E-state index in [2.05, 4.69) is 4.98 Å². The monoisotopic (exact) mass is 276 g/mol. The van der Waals surface area contributed by atoms with Crippen LogP contribution in [0.2, 0.25) is 0 Å². The Hall–Kier alpha value is -1.91. The SMILES string of the molecule is CN(CCc1ccccn1)C(=O)[C@@H]1CC[C@H](C(=O)O)C1. The van der Waals surface area contributed by atoms with Gasteiger partial charge in [0.25, 0.3) is 0 Å². The Kier molecular flexibility index (Phi) is 4.71. The minimum absolute atomic E-state index is 0.0599. The van der Waals surface area contributed by atoms with Crippen molar-refractivity contribution in [3.8, 4) is 0 Å². The van der Waals surface area contributed by atoms with Crippen molar-refractivity contribution in [2.75, 3.05) is 13.6 Å². The summed E-state index contributed by atoms with van der Waals surface area (Å²) in [5.74, 6) is -1.21. The second-order valence-corrected chi connectivity index (χ2v) is 5.38. The van der Waals surface area contributed by atoms with Crippen molar-refractivity contribution in [2.24, 2.45) is 11.8 Å². The molecule has 1 aromatic heterocycles. The zero-order valence-electron chi connectivity index (χ0n) is 11.7. The van der Waals surface area contributed by atoms with Crippen LogP contribution >= 0.6 is 0 Å². The van der Waals surface area contributed by atoms with Crippen LogP contribution in [0.1, 0.15) is 25.0 Å². The lowest BCUT2D eigenvalue weighted by atomic mass is 10.0. The van der Waals surface area contributed by atoms with E-state index >= 15 is 0 Å². The van der Waals surface area contributed by atoms with Crippen molar-refractivity contribution in [3.05, 3.63) is 30.1 Å². The molecule has 5 nitrogen and oxygen atoms in total. The average molecular weight is 276 g/mol. The van der Waals surface area contributed by atoms with Crippen LogP contribution in [-0.4, -0.2) is 40.5 Å². The molecule has 1 aliphatic carbocycles. The van der Waals surface area contributed by atoms with E-state index < -0.39 is 5.97 Å². The van der Waals surface area contributed by atoms with Crippen molar-refractivity contribution >= 4 is 11.9 Å². The number of hydrogen-bond acceptors (Lipinski definition) is 3. The number of likely N-dealkylation sites (N-methyl/N-ethyl adjacent to an activating group) is 1. The van der Waals surface area contributed by atoms with E-state index in [9.17, 15) is 9.59 Å². The largest absolute Gasteiger partial charge is 0.481 e. The molecule has 5 heteroatoms. The first-order chi connectivity index (χ1) is 9.58. The lowest BCUT2D eigenvalue weighted by molar-refractivity contribution is -0.141. The first-order valence-electron chi connectivity index (χ1n) is 6.95. The molecule has 0 bridgehead atoms. The molecule has 0 spiro atoms. The second-order valence-electron chi connectivity index (χ2n) is 5.38. The van der Waals surface area contributed by atoms with Gasteiger partial charge in [-0.05, 0) is 31.4 Å². The summed E-state index contributed by atoms with van der Waals surface area (Å²) in [6.45, 7) is 0.615. The quantitative estimate of drug-likeness (QED) is 0.886. The zero-order valence-corrected chi connectivity index (χ0v) is 11.7. The first kappa shape index (κ1) is 14.5. The molecule has 1 N–H and O–H groups in total. The highest BCUT2D eigenvalue weighted by Gasteiger charge is 2.34. The van der Waals surface area contributed by atoms with Crippen molar-refractivity contribution in [1.82, 2.24) is 9.88 Å². The third kappa shape index (κ3) is 3.56. The number of carboxylic acids is 1. The van der Waals surface area contributed by atoms with E-state index in [-0.39, 0.29) is 17.7 Å². The Morgan fingerprint density at radius 2 is 2.10 bits per heavy atom. The maximum absolute atomic E-state index is 12.2. The third-order valence-corrected chi connectivity index (χ3v) is 3.94. The number of carboxylic acid groups (broad SMARTS) is 1. The fourth-order valence-electron chi connectivity index (χ4n) is 2.68. The van der Waals surface area contributed by atoms with Gasteiger partial charge in [0.2, 0.25) is 5.91 Å². The number of carbonyl (C=O) groups is 2. The fourth-order valence-corrected chi connectivity index (χ4v) is 2.68. The van der Waals surface area contributed by atoms with Gasteiger partial charge < -0.3 is 10.0 Å². The standard InChI is InChI=1S/C15H20N2O3/c1-17(9-7-13-4-2-3-8-16-13)14(18)11-5-6-12(10-11)15(19)20/h2-4,8,11-12H,5-7,9-10H2,1H3,(H,19,20)/t11-,12+/m1/s1. The van der Waals surface area contributed by atoms with Crippen LogP contribution in [0.15, 0.2) is 24.4 Å². The lowest BCUT2D eigenvalue weighted by Gasteiger charge is -2.20. The molecular formula is C15H20N2O3. The van der Waals surface area contributed by atoms with E-state index in [4.69, 9.17) is 5.11 Å². The topological polar surface area (TPSA) is 70.5 Å². The molecule has 1 heterocycles. The molecule has 0 radical (unpaired) electrons. The van der Waals surface area contributed by atoms with E-state index in [0.29, 0.717) is 25.8 Å². The van der Waals surface area contributed by atoms with Crippen molar-refractivity contribution in [3.63, 3.8) is 0 Å². The molecule has 0 aliphatic heterocycles. The molecule has 1 aliphatic rings. The van der Waals surface area contributed by atoms with Gasteiger partial charge in [-0.2, -0.15) is 0 Å². The van der Waals surface area contributed by atoms with E-state index in [1.807, 2.05) is 18.2 Å². The predicted molar refractivity (Wildman–Crippen MR) is 74.0 cm³/mol. The molecule has 0 aromatic carbocycles. The van der Waals surface area contributed by atoms with Gasteiger partial charge in [-0.3, -0.25) is 14.6 Å². The summed E-state index contributed by atoms with van der Waals surface area (Å²) in [6.07, 6.45) is 4.23. The van der Waals surface area contributed by atoms with Crippen molar-refractivity contribution in [1.29, 1.82) is 0 Å². The van der Waals surface area contributed by atoms with E-state index in [0.717, 1.165) is 12.1 Å². The number of hydrogen-bond donors (Lipinski definition) is 1.